The van der Waals surface area contributed by atoms with Crippen molar-refractivity contribution in [2.45, 2.75) is 45.7 Å². The van der Waals surface area contributed by atoms with E-state index in [1.807, 2.05) is 43.0 Å². The van der Waals surface area contributed by atoms with Gasteiger partial charge >= 0.3 is 0 Å². The van der Waals surface area contributed by atoms with Crippen LogP contribution in [0.4, 0.5) is 0 Å². The number of carbonyl (C=O) groups excluding carboxylic acids is 3. The van der Waals surface area contributed by atoms with Crippen LogP contribution in [-0.4, -0.2) is 64.6 Å². The van der Waals surface area contributed by atoms with Gasteiger partial charge in [-0.25, -0.2) is 0 Å². The molecule has 4 rings (SSSR count). The molecule has 27 heavy (non-hydrogen) atoms. The molecule has 0 aromatic heterocycles. The zero-order valence-corrected chi connectivity index (χ0v) is 16.1. The highest BCUT2D eigenvalue weighted by atomic mass is 16.2. The van der Waals surface area contributed by atoms with E-state index in [0.29, 0.717) is 32.6 Å². The lowest BCUT2D eigenvalue weighted by Crippen LogP contribution is -2.59. The van der Waals surface area contributed by atoms with Gasteiger partial charge < -0.3 is 14.7 Å². The SMILES string of the molecule is Cc1cccc(CN2CC(=O)N3CCN(C(=O)C4(C)CC4)CCC3C2=O)c1. The van der Waals surface area contributed by atoms with E-state index in [9.17, 15) is 14.4 Å². The predicted octanol–water partition coefficient (Wildman–Crippen LogP) is 1.57. The second kappa shape index (κ2) is 6.66. The number of rotatable bonds is 3. The lowest BCUT2D eigenvalue weighted by Gasteiger charge is -2.39. The van der Waals surface area contributed by atoms with E-state index in [1.165, 1.54) is 0 Å². The molecule has 1 aliphatic carbocycles. The first-order valence-electron chi connectivity index (χ1n) is 9.81. The van der Waals surface area contributed by atoms with Crippen LogP contribution in [0.3, 0.4) is 0 Å². The minimum atomic E-state index is -0.444. The fraction of sp³-hybridized carbons (Fsp3) is 0.571. The molecular formula is C21H27N3O3. The fourth-order valence-corrected chi connectivity index (χ4v) is 4.18. The molecule has 0 spiro atoms. The lowest BCUT2D eigenvalue weighted by atomic mass is 10.1. The monoisotopic (exact) mass is 369 g/mol. The highest BCUT2D eigenvalue weighted by Crippen LogP contribution is 2.46. The topological polar surface area (TPSA) is 60.9 Å². The van der Waals surface area contributed by atoms with E-state index in [1.54, 1.807) is 9.80 Å². The van der Waals surface area contributed by atoms with Gasteiger partial charge in [0.25, 0.3) is 0 Å². The molecule has 2 saturated heterocycles. The Bertz CT molecular complexity index is 787. The molecule has 0 bridgehead atoms. The van der Waals surface area contributed by atoms with Crippen molar-refractivity contribution in [3.8, 4) is 0 Å². The number of nitrogens with zero attached hydrogens (tertiary/aromatic N) is 3. The Labute approximate surface area is 160 Å². The van der Waals surface area contributed by atoms with Crippen molar-refractivity contribution in [3.63, 3.8) is 0 Å². The normalized spacial score (nSPS) is 24.5. The molecule has 1 aromatic carbocycles. The van der Waals surface area contributed by atoms with E-state index in [0.717, 1.165) is 24.0 Å². The summed E-state index contributed by atoms with van der Waals surface area (Å²) >= 11 is 0. The average Bonchev–Trinajstić information content (AvgIpc) is 3.41. The van der Waals surface area contributed by atoms with Crippen LogP contribution in [0, 0.1) is 12.3 Å². The van der Waals surface area contributed by atoms with Crippen molar-refractivity contribution in [2.24, 2.45) is 5.41 Å². The first-order valence-corrected chi connectivity index (χ1v) is 9.81. The van der Waals surface area contributed by atoms with E-state index in [-0.39, 0.29) is 29.7 Å². The van der Waals surface area contributed by atoms with Crippen LogP contribution in [0.1, 0.15) is 37.3 Å². The molecule has 0 N–H and O–H groups in total. The van der Waals surface area contributed by atoms with Gasteiger partial charge in [0, 0.05) is 31.6 Å². The molecule has 2 aliphatic heterocycles. The second-order valence-corrected chi connectivity index (χ2v) is 8.43. The summed E-state index contributed by atoms with van der Waals surface area (Å²) in [4.78, 5) is 43.7. The third-order valence-corrected chi connectivity index (χ3v) is 6.16. The number of amides is 3. The van der Waals surface area contributed by atoms with Crippen LogP contribution in [0.5, 0.6) is 0 Å². The minimum Gasteiger partial charge on any atom is -0.340 e. The number of aryl methyl sites for hydroxylation is 1. The summed E-state index contributed by atoms with van der Waals surface area (Å²) in [5.74, 6) is 0.168. The van der Waals surface area contributed by atoms with Crippen molar-refractivity contribution in [2.75, 3.05) is 26.2 Å². The Morgan fingerprint density at radius 2 is 1.96 bits per heavy atom. The van der Waals surface area contributed by atoms with Crippen LogP contribution in [0.2, 0.25) is 0 Å². The maximum absolute atomic E-state index is 13.1. The Hall–Kier alpha value is -2.37. The molecule has 144 valence electrons. The number of fused-ring (bicyclic) bond motifs is 1. The Morgan fingerprint density at radius 3 is 2.67 bits per heavy atom. The van der Waals surface area contributed by atoms with E-state index in [2.05, 4.69) is 0 Å². The highest BCUT2D eigenvalue weighted by molar-refractivity contribution is 5.95. The molecular weight excluding hydrogens is 342 g/mol. The van der Waals surface area contributed by atoms with Crippen LogP contribution in [0.25, 0.3) is 0 Å². The summed E-state index contributed by atoms with van der Waals surface area (Å²) < 4.78 is 0. The molecule has 1 aromatic rings. The second-order valence-electron chi connectivity index (χ2n) is 8.43. The maximum Gasteiger partial charge on any atom is 0.246 e. The predicted molar refractivity (Wildman–Crippen MR) is 101 cm³/mol. The highest BCUT2D eigenvalue weighted by Gasteiger charge is 2.48. The molecule has 6 heteroatoms. The number of hydrogen-bond acceptors (Lipinski definition) is 3. The summed E-state index contributed by atoms with van der Waals surface area (Å²) in [7, 11) is 0. The summed E-state index contributed by atoms with van der Waals surface area (Å²) in [5.41, 5.74) is 1.97. The Balaban J connectivity index is 1.47. The van der Waals surface area contributed by atoms with Crippen LogP contribution in [-0.2, 0) is 20.9 Å². The molecule has 1 saturated carbocycles. The molecule has 1 atom stereocenters. The van der Waals surface area contributed by atoms with Crippen molar-refractivity contribution >= 4 is 17.7 Å². The van der Waals surface area contributed by atoms with Gasteiger partial charge in [-0.15, -0.1) is 0 Å². The van der Waals surface area contributed by atoms with Crippen LogP contribution >= 0.6 is 0 Å². The Morgan fingerprint density at radius 1 is 1.19 bits per heavy atom. The van der Waals surface area contributed by atoms with Gasteiger partial charge in [-0.3, -0.25) is 14.4 Å². The minimum absolute atomic E-state index is 0.00281. The van der Waals surface area contributed by atoms with Crippen LogP contribution < -0.4 is 0 Å². The molecule has 2 heterocycles. The number of hydrogen-bond donors (Lipinski definition) is 0. The molecule has 1 unspecified atom stereocenters. The fourth-order valence-electron chi connectivity index (χ4n) is 4.18. The van der Waals surface area contributed by atoms with Gasteiger partial charge in [-0.1, -0.05) is 36.8 Å². The number of benzene rings is 1. The zero-order valence-electron chi connectivity index (χ0n) is 16.1. The van der Waals surface area contributed by atoms with Crippen LogP contribution in [0.15, 0.2) is 24.3 Å². The number of piperazine rings is 1. The largest absolute Gasteiger partial charge is 0.340 e. The first-order chi connectivity index (χ1) is 12.9. The third-order valence-electron chi connectivity index (χ3n) is 6.16. The first kappa shape index (κ1) is 18.0. The summed E-state index contributed by atoms with van der Waals surface area (Å²) in [5, 5.41) is 0. The lowest BCUT2D eigenvalue weighted by molar-refractivity contribution is -0.156. The van der Waals surface area contributed by atoms with E-state index >= 15 is 0 Å². The Kier molecular flexibility index (Phi) is 4.44. The van der Waals surface area contributed by atoms with Gasteiger partial charge in [0.15, 0.2) is 0 Å². The van der Waals surface area contributed by atoms with Crippen molar-refractivity contribution < 1.29 is 14.4 Å². The molecule has 3 amide bonds. The van der Waals surface area contributed by atoms with Crippen molar-refractivity contribution in [3.05, 3.63) is 35.4 Å². The molecule has 0 radical (unpaired) electrons. The third kappa shape index (κ3) is 3.45. The zero-order chi connectivity index (χ0) is 19.2. The van der Waals surface area contributed by atoms with Gasteiger partial charge in [-0.05, 0) is 31.7 Å². The van der Waals surface area contributed by atoms with Crippen molar-refractivity contribution in [1.29, 1.82) is 0 Å². The average molecular weight is 369 g/mol. The summed E-state index contributed by atoms with van der Waals surface area (Å²) in [6.07, 6.45) is 2.41. The van der Waals surface area contributed by atoms with E-state index < -0.39 is 6.04 Å². The number of carbonyl (C=O) groups is 3. The molecule has 3 aliphatic rings. The van der Waals surface area contributed by atoms with Gasteiger partial charge in [0.1, 0.15) is 12.6 Å². The smallest absolute Gasteiger partial charge is 0.246 e. The van der Waals surface area contributed by atoms with Crippen molar-refractivity contribution in [1.82, 2.24) is 14.7 Å². The standard InChI is InChI=1S/C21H27N3O3/c1-15-4-3-5-16(12-15)13-23-14-18(25)24-11-10-22(9-6-17(24)19(23)26)20(27)21(2)7-8-21/h3-5,12,17H,6-11,13-14H2,1-2H3. The molecule has 6 nitrogen and oxygen atoms in total. The summed E-state index contributed by atoms with van der Waals surface area (Å²) in [6, 6.07) is 7.59. The van der Waals surface area contributed by atoms with Gasteiger partial charge in [-0.2, -0.15) is 0 Å². The molecule has 3 fully saturated rings. The van der Waals surface area contributed by atoms with Gasteiger partial charge in [0.2, 0.25) is 17.7 Å². The maximum atomic E-state index is 13.1. The van der Waals surface area contributed by atoms with Gasteiger partial charge in [0.05, 0.1) is 0 Å². The summed E-state index contributed by atoms with van der Waals surface area (Å²) in [6.45, 7) is 6.13. The van der Waals surface area contributed by atoms with E-state index in [4.69, 9.17) is 0 Å². The quantitative estimate of drug-likeness (QED) is 0.813.